The number of nitrogens with zero attached hydrogens (tertiary/aromatic N) is 3. The van der Waals surface area contributed by atoms with E-state index in [9.17, 15) is 14.0 Å². The molecule has 146 valence electrons. The van der Waals surface area contributed by atoms with Gasteiger partial charge in [0, 0.05) is 17.1 Å². The number of aromatic nitrogens is 4. The van der Waals surface area contributed by atoms with Crippen molar-refractivity contribution in [3.05, 3.63) is 77.8 Å². The maximum Gasteiger partial charge on any atom is 0.309 e. The van der Waals surface area contributed by atoms with Gasteiger partial charge >= 0.3 is 5.91 Å². The van der Waals surface area contributed by atoms with Gasteiger partial charge in [-0.15, -0.1) is 5.10 Å². The standard InChI is InChI=1S/C20H17FN6O2/c1-12-23-19(26-27(12)15-8-6-14(21)7-9-15)20(29)25-24-18(28)10-13-11-22-17-5-3-2-4-16(13)17/h2-9,11,22H,10H2,1H3,(H,24,28)(H,25,29). The summed E-state index contributed by atoms with van der Waals surface area (Å²) in [5.41, 5.74) is 7.01. The topological polar surface area (TPSA) is 105 Å². The molecule has 4 rings (SSSR count). The number of hydrazine groups is 1. The van der Waals surface area contributed by atoms with E-state index in [1.165, 1.54) is 28.9 Å². The highest BCUT2D eigenvalue weighted by Gasteiger charge is 2.16. The zero-order valence-corrected chi connectivity index (χ0v) is 15.4. The van der Waals surface area contributed by atoms with Crippen LogP contribution in [0, 0.1) is 12.7 Å². The number of carbonyl (C=O) groups is 2. The predicted octanol–water partition coefficient (Wildman–Crippen LogP) is 2.20. The number of H-pyrrole nitrogens is 1. The number of amides is 2. The minimum absolute atomic E-state index is 0.0980. The number of rotatable bonds is 4. The molecule has 0 aliphatic carbocycles. The van der Waals surface area contributed by atoms with Crippen LogP contribution in [0.5, 0.6) is 0 Å². The number of fused-ring (bicyclic) bond motifs is 1. The van der Waals surface area contributed by atoms with E-state index < -0.39 is 5.91 Å². The van der Waals surface area contributed by atoms with Crippen molar-refractivity contribution in [3.8, 4) is 5.69 Å². The zero-order chi connectivity index (χ0) is 20.4. The molecule has 0 aliphatic heterocycles. The summed E-state index contributed by atoms with van der Waals surface area (Å²) in [5, 5.41) is 5.07. The van der Waals surface area contributed by atoms with Gasteiger partial charge in [0.2, 0.25) is 11.7 Å². The summed E-state index contributed by atoms with van der Waals surface area (Å²) >= 11 is 0. The van der Waals surface area contributed by atoms with E-state index in [1.807, 2.05) is 24.3 Å². The highest BCUT2D eigenvalue weighted by molar-refractivity contribution is 5.93. The molecule has 0 unspecified atom stereocenters. The van der Waals surface area contributed by atoms with E-state index in [1.54, 1.807) is 13.1 Å². The van der Waals surface area contributed by atoms with Crippen molar-refractivity contribution in [2.75, 3.05) is 0 Å². The van der Waals surface area contributed by atoms with E-state index >= 15 is 0 Å². The van der Waals surface area contributed by atoms with Crippen molar-refractivity contribution in [2.24, 2.45) is 0 Å². The van der Waals surface area contributed by atoms with Crippen LogP contribution in [-0.4, -0.2) is 31.6 Å². The van der Waals surface area contributed by atoms with E-state index in [0.717, 1.165) is 16.5 Å². The Balaban J connectivity index is 1.40. The fourth-order valence-electron chi connectivity index (χ4n) is 2.99. The van der Waals surface area contributed by atoms with Crippen LogP contribution >= 0.6 is 0 Å². The van der Waals surface area contributed by atoms with Gasteiger partial charge in [0.1, 0.15) is 11.6 Å². The average Bonchev–Trinajstić information content (AvgIpc) is 3.31. The van der Waals surface area contributed by atoms with Crippen molar-refractivity contribution in [1.29, 1.82) is 0 Å². The molecule has 0 fully saturated rings. The van der Waals surface area contributed by atoms with Gasteiger partial charge in [-0.2, -0.15) is 0 Å². The van der Waals surface area contributed by atoms with Crippen LogP contribution in [-0.2, 0) is 11.2 Å². The van der Waals surface area contributed by atoms with E-state index in [4.69, 9.17) is 0 Å². The fraction of sp³-hybridized carbons (Fsp3) is 0.100. The summed E-state index contributed by atoms with van der Waals surface area (Å²) in [5.74, 6) is -1.06. The molecule has 29 heavy (non-hydrogen) atoms. The van der Waals surface area contributed by atoms with Crippen molar-refractivity contribution < 1.29 is 14.0 Å². The van der Waals surface area contributed by atoms with Crippen molar-refractivity contribution >= 4 is 22.7 Å². The van der Waals surface area contributed by atoms with Crippen LogP contribution in [0.1, 0.15) is 22.0 Å². The number of hydrogen-bond donors (Lipinski definition) is 3. The first-order valence-electron chi connectivity index (χ1n) is 8.85. The maximum absolute atomic E-state index is 13.1. The predicted molar refractivity (Wildman–Crippen MR) is 104 cm³/mol. The molecular weight excluding hydrogens is 375 g/mol. The smallest absolute Gasteiger partial charge is 0.309 e. The van der Waals surface area contributed by atoms with Crippen LogP contribution < -0.4 is 10.9 Å². The lowest BCUT2D eigenvalue weighted by Gasteiger charge is -2.05. The van der Waals surface area contributed by atoms with Crippen LogP contribution in [0.3, 0.4) is 0 Å². The van der Waals surface area contributed by atoms with Crippen molar-refractivity contribution in [1.82, 2.24) is 30.6 Å². The number of hydrogen-bond acceptors (Lipinski definition) is 4. The Hall–Kier alpha value is -4.01. The Bertz CT molecular complexity index is 1200. The minimum Gasteiger partial charge on any atom is -0.361 e. The molecule has 2 amide bonds. The number of carbonyl (C=O) groups excluding carboxylic acids is 2. The van der Waals surface area contributed by atoms with Gasteiger partial charge in [-0.1, -0.05) is 18.2 Å². The van der Waals surface area contributed by atoms with Crippen LogP contribution in [0.25, 0.3) is 16.6 Å². The highest BCUT2D eigenvalue weighted by Crippen LogP contribution is 2.17. The third-order valence-electron chi connectivity index (χ3n) is 4.38. The molecule has 3 N–H and O–H groups in total. The Morgan fingerprint density at radius 1 is 1.10 bits per heavy atom. The molecule has 0 atom stereocenters. The largest absolute Gasteiger partial charge is 0.361 e. The molecule has 9 heteroatoms. The molecule has 8 nitrogen and oxygen atoms in total. The maximum atomic E-state index is 13.1. The lowest BCUT2D eigenvalue weighted by molar-refractivity contribution is -0.121. The SMILES string of the molecule is Cc1nc(C(=O)NNC(=O)Cc2c[nH]c3ccccc23)nn1-c1ccc(F)cc1. The number of para-hydroxylation sites is 1. The van der Waals surface area contributed by atoms with Crippen molar-refractivity contribution in [2.45, 2.75) is 13.3 Å². The Morgan fingerprint density at radius 3 is 2.66 bits per heavy atom. The summed E-state index contributed by atoms with van der Waals surface area (Å²) in [7, 11) is 0. The van der Waals surface area contributed by atoms with Crippen LogP contribution in [0.2, 0.25) is 0 Å². The third-order valence-corrected chi connectivity index (χ3v) is 4.38. The number of benzene rings is 2. The van der Waals surface area contributed by atoms with E-state index in [0.29, 0.717) is 11.5 Å². The molecular formula is C20H17FN6O2. The number of halogens is 1. The summed E-state index contributed by atoms with van der Waals surface area (Å²) < 4.78 is 14.5. The molecule has 4 aromatic rings. The number of aromatic amines is 1. The summed E-state index contributed by atoms with van der Waals surface area (Å²) in [6, 6.07) is 13.3. The minimum atomic E-state index is -0.652. The second-order valence-corrected chi connectivity index (χ2v) is 6.41. The average molecular weight is 392 g/mol. The Labute approximate surface area is 164 Å². The molecule has 2 heterocycles. The molecule has 0 spiro atoms. The summed E-state index contributed by atoms with van der Waals surface area (Å²) in [4.78, 5) is 31.7. The van der Waals surface area contributed by atoms with Gasteiger partial charge in [-0.3, -0.25) is 20.4 Å². The second-order valence-electron chi connectivity index (χ2n) is 6.41. The second kappa shape index (κ2) is 7.55. The Morgan fingerprint density at radius 2 is 1.86 bits per heavy atom. The van der Waals surface area contributed by atoms with Gasteiger partial charge in [0.05, 0.1) is 12.1 Å². The summed E-state index contributed by atoms with van der Waals surface area (Å²) in [6.45, 7) is 1.67. The monoisotopic (exact) mass is 392 g/mol. The summed E-state index contributed by atoms with van der Waals surface area (Å²) in [6.07, 6.45) is 1.86. The van der Waals surface area contributed by atoms with Gasteiger partial charge in [-0.05, 0) is 42.8 Å². The molecule has 2 aromatic heterocycles. The third kappa shape index (κ3) is 3.84. The van der Waals surface area contributed by atoms with E-state index in [2.05, 4.69) is 25.9 Å². The molecule has 2 aromatic carbocycles. The fourth-order valence-corrected chi connectivity index (χ4v) is 2.99. The molecule has 0 radical (unpaired) electrons. The highest BCUT2D eigenvalue weighted by atomic mass is 19.1. The number of aryl methyl sites for hydroxylation is 1. The van der Waals surface area contributed by atoms with E-state index in [-0.39, 0.29) is 24.0 Å². The Kier molecular flexibility index (Phi) is 4.78. The first-order valence-corrected chi connectivity index (χ1v) is 8.85. The quantitative estimate of drug-likeness (QED) is 0.463. The lowest BCUT2D eigenvalue weighted by Crippen LogP contribution is -2.42. The van der Waals surface area contributed by atoms with Crippen LogP contribution in [0.15, 0.2) is 54.7 Å². The van der Waals surface area contributed by atoms with Gasteiger partial charge in [0.25, 0.3) is 0 Å². The lowest BCUT2D eigenvalue weighted by atomic mass is 10.1. The molecule has 0 saturated heterocycles. The molecule has 0 aliphatic rings. The van der Waals surface area contributed by atoms with Gasteiger partial charge in [0.15, 0.2) is 0 Å². The number of nitrogens with one attached hydrogen (secondary N) is 3. The zero-order valence-electron chi connectivity index (χ0n) is 15.4. The first-order chi connectivity index (χ1) is 14.0. The molecule has 0 bridgehead atoms. The van der Waals surface area contributed by atoms with Crippen molar-refractivity contribution in [3.63, 3.8) is 0 Å². The normalized spacial score (nSPS) is 10.8. The van der Waals surface area contributed by atoms with Gasteiger partial charge < -0.3 is 4.98 Å². The van der Waals surface area contributed by atoms with Gasteiger partial charge in [-0.25, -0.2) is 14.1 Å². The van der Waals surface area contributed by atoms with Crippen LogP contribution in [0.4, 0.5) is 4.39 Å². The molecule has 0 saturated carbocycles. The first kappa shape index (κ1) is 18.4.